The van der Waals surface area contributed by atoms with Crippen LogP contribution in [0.3, 0.4) is 0 Å². The molecule has 6 heteroatoms. The van der Waals surface area contributed by atoms with Crippen LogP contribution >= 0.6 is 15.9 Å². The summed E-state index contributed by atoms with van der Waals surface area (Å²) in [7, 11) is 0. The number of hydrogen-bond donors (Lipinski definition) is 2. The summed E-state index contributed by atoms with van der Waals surface area (Å²) >= 11 is 3.12. The van der Waals surface area contributed by atoms with Gasteiger partial charge in [0.2, 0.25) is 0 Å². The zero-order valence-corrected chi connectivity index (χ0v) is 11.1. The van der Waals surface area contributed by atoms with E-state index in [0.29, 0.717) is 16.7 Å². The second-order valence-corrected chi connectivity index (χ2v) is 5.26. The Morgan fingerprint density at radius 2 is 1.88 bits per heavy atom. The molecule has 0 spiro atoms. The van der Waals surface area contributed by atoms with Crippen LogP contribution in [0, 0.1) is 0 Å². The van der Waals surface area contributed by atoms with Crippen LogP contribution in [0.2, 0.25) is 0 Å². The van der Waals surface area contributed by atoms with Gasteiger partial charge in [0.25, 0.3) is 0 Å². The molecule has 0 heterocycles. The first-order valence-corrected chi connectivity index (χ1v) is 5.80. The van der Waals surface area contributed by atoms with Crippen LogP contribution in [0.25, 0.3) is 0 Å². The molecule has 0 aliphatic heterocycles. The Morgan fingerprint density at radius 3 is 2.29 bits per heavy atom. The second kappa shape index (κ2) is 4.86. The third kappa shape index (κ3) is 3.89. The van der Waals surface area contributed by atoms with E-state index in [9.17, 15) is 13.2 Å². The number of nitrogens with two attached hydrogens (primary N) is 1. The van der Waals surface area contributed by atoms with Crippen molar-refractivity contribution in [2.24, 2.45) is 5.73 Å². The van der Waals surface area contributed by atoms with E-state index in [1.165, 1.54) is 6.07 Å². The number of nitrogens with one attached hydrogen (secondary N) is 1. The van der Waals surface area contributed by atoms with Crippen molar-refractivity contribution in [3.8, 4) is 0 Å². The Bertz CT molecular complexity index is 402. The van der Waals surface area contributed by atoms with Gasteiger partial charge in [0.15, 0.2) is 0 Å². The summed E-state index contributed by atoms with van der Waals surface area (Å²) in [4.78, 5) is 0. The molecule has 0 atom stereocenters. The summed E-state index contributed by atoms with van der Waals surface area (Å²) < 4.78 is 37.7. The first kappa shape index (κ1) is 14.3. The lowest BCUT2D eigenvalue weighted by molar-refractivity contribution is -0.137. The van der Waals surface area contributed by atoms with Gasteiger partial charge in [0, 0.05) is 22.2 Å². The molecule has 0 amide bonds. The van der Waals surface area contributed by atoms with Crippen molar-refractivity contribution in [2.75, 3.05) is 11.9 Å². The second-order valence-electron chi connectivity index (χ2n) is 4.41. The normalized spacial score (nSPS) is 12.6. The van der Waals surface area contributed by atoms with E-state index in [4.69, 9.17) is 5.73 Å². The Morgan fingerprint density at radius 1 is 1.29 bits per heavy atom. The molecule has 2 nitrogen and oxygen atoms in total. The van der Waals surface area contributed by atoms with Gasteiger partial charge in [-0.25, -0.2) is 0 Å². The van der Waals surface area contributed by atoms with Crippen LogP contribution in [0.15, 0.2) is 22.7 Å². The van der Waals surface area contributed by atoms with Gasteiger partial charge in [-0.2, -0.15) is 13.2 Å². The minimum Gasteiger partial charge on any atom is -0.378 e. The molecule has 0 saturated carbocycles. The molecule has 17 heavy (non-hydrogen) atoms. The molecule has 0 aliphatic rings. The van der Waals surface area contributed by atoms with E-state index < -0.39 is 11.7 Å². The van der Waals surface area contributed by atoms with Gasteiger partial charge in [-0.1, -0.05) is 0 Å². The molecule has 0 saturated heterocycles. The summed E-state index contributed by atoms with van der Waals surface area (Å²) in [5, 5.41) is 3.08. The topological polar surface area (TPSA) is 38.0 Å². The lowest BCUT2D eigenvalue weighted by Crippen LogP contribution is -2.39. The van der Waals surface area contributed by atoms with Crippen LogP contribution in [-0.2, 0) is 6.18 Å². The standard InChI is InChI=1S/C11H14BrF3N2/c1-10(2,6-16)17-9-4-3-7(5-8(9)12)11(13,14)15/h3-5,17H,6,16H2,1-2H3. The Hall–Kier alpha value is -0.750. The minimum absolute atomic E-state index is 0.369. The van der Waals surface area contributed by atoms with Crippen molar-refractivity contribution in [3.63, 3.8) is 0 Å². The number of rotatable bonds is 3. The smallest absolute Gasteiger partial charge is 0.378 e. The third-order valence-electron chi connectivity index (χ3n) is 2.28. The van der Waals surface area contributed by atoms with Gasteiger partial charge in [-0.3, -0.25) is 0 Å². The fourth-order valence-electron chi connectivity index (χ4n) is 1.21. The number of halogens is 4. The molecule has 96 valence electrons. The monoisotopic (exact) mass is 310 g/mol. The summed E-state index contributed by atoms with van der Waals surface area (Å²) in [5.41, 5.74) is 5.08. The van der Waals surface area contributed by atoms with Crippen molar-refractivity contribution < 1.29 is 13.2 Å². The fraction of sp³-hybridized carbons (Fsp3) is 0.455. The number of hydrogen-bond acceptors (Lipinski definition) is 2. The van der Waals surface area contributed by atoms with Gasteiger partial charge in [0.05, 0.1) is 5.56 Å². The maximum Gasteiger partial charge on any atom is 0.416 e. The summed E-state index contributed by atoms with van der Waals surface area (Å²) in [6.45, 7) is 4.12. The Kier molecular flexibility index (Phi) is 4.09. The summed E-state index contributed by atoms with van der Waals surface area (Å²) in [6, 6.07) is 3.49. The lowest BCUT2D eigenvalue weighted by Gasteiger charge is -2.26. The van der Waals surface area contributed by atoms with E-state index in [2.05, 4.69) is 21.2 Å². The van der Waals surface area contributed by atoms with E-state index in [1.54, 1.807) is 0 Å². The predicted octanol–water partition coefficient (Wildman–Crippen LogP) is 3.62. The van der Waals surface area contributed by atoms with E-state index in [-0.39, 0.29) is 5.54 Å². The van der Waals surface area contributed by atoms with Gasteiger partial charge in [0.1, 0.15) is 0 Å². The van der Waals surface area contributed by atoms with Crippen LogP contribution in [0.1, 0.15) is 19.4 Å². The predicted molar refractivity (Wildman–Crippen MR) is 65.9 cm³/mol. The van der Waals surface area contributed by atoms with Crippen molar-refractivity contribution in [3.05, 3.63) is 28.2 Å². The largest absolute Gasteiger partial charge is 0.416 e. The van der Waals surface area contributed by atoms with Crippen LogP contribution in [-0.4, -0.2) is 12.1 Å². The maximum atomic E-state index is 12.4. The summed E-state index contributed by atoms with van der Waals surface area (Å²) in [6.07, 6.45) is -4.33. The van der Waals surface area contributed by atoms with Crippen molar-refractivity contribution in [1.29, 1.82) is 0 Å². The number of benzene rings is 1. The number of anilines is 1. The van der Waals surface area contributed by atoms with Gasteiger partial charge < -0.3 is 11.1 Å². The molecule has 1 aromatic carbocycles. The maximum absolute atomic E-state index is 12.4. The average Bonchev–Trinajstić information content (AvgIpc) is 2.19. The first-order chi connectivity index (χ1) is 7.65. The fourth-order valence-corrected chi connectivity index (χ4v) is 1.69. The van der Waals surface area contributed by atoms with E-state index in [1.807, 2.05) is 13.8 Å². The van der Waals surface area contributed by atoms with Crippen LogP contribution < -0.4 is 11.1 Å². The van der Waals surface area contributed by atoms with Gasteiger partial charge >= 0.3 is 6.18 Å². The van der Waals surface area contributed by atoms with Gasteiger partial charge in [-0.05, 0) is 48.0 Å². The number of alkyl halides is 3. The molecule has 0 aromatic heterocycles. The average molecular weight is 311 g/mol. The highest BCUT2D eigenvalue weighted by molar-refractivity contribution is 9.10. The quantitative estimate of drug-likeness (QED) is 0.895. The molecule has 0 fully saturated rings. The Balaban J connectivity index is 2.99. The molecule has 1 aromatic rings. The third-order valence-corrected chi connectivity index (χ3v) is 2.94. The molecule has 0 bridgehead atoms. The van der Waals surface area contributed by atoms with E-state index in [0.717, 1.165) is 12.1 Å². The SMILES string of the molecule is CC(C)(CN)Nc1ccc(C(F)(F)F)cc1Br. The molecule has 0 aliphatic carbocycles. The van der Waals surface area contributed by atoms with E-state index >= 15 is 0 Å². The Labute approximate surface area is 107 Å². The van der Waals surface area contributed by atoms with Crippen molar-refractivity contribution in [1.82, 2.24) is 0 Å². The zero-order chi connectivity index (χ0) is 13.3. The van der Waals surface area contributed by atoms with Crippen molar-refractivity contribution in [2.45, 2.75) is 25.6 Å². The van der Waals surface area contributed by atoms with Crippen LogP contribution in [0.5, 0.6) is 0 Å². The molecular weight excluding hydrogens is 297 g/mol. The first-order valence-electron chi connectivity index (χ1n) is 5.01. The molecule has 0 radical (unpaired) electrons. The van der Waals surface area contributed by atoms with Gasteiger partial charge in [-0.15, -0.1) is 0 Å². The highest BCUT2D eigenvalue weighted by Crippen LogP contribution is 2.34. The zero-order valence-electron chi connectivity index (χ0n) is 9.53. The summed E-state index contributed by atoms with van der Waals surface area (Å²) in [5.74, 6) is 0. The lowest BCUT2D eigenvalue weighted by atomic mass is 10.1. The van der Waals surface area contributed by atoms with Crippen molar-refractivity contribution >= 4 is 21.6 Å². The van der Waals surface area contributed by atoms with Crippen LogP contribution in [0.4, 0.5) is 18.9 Å². The minimum atomic E-state index is -4.33. The highest BCUT2D eigenvalue weighted by atomic mass is 79.9. The molecule has 0 unspecified atom stereocenters. The highest BCUT2D eigenvalue weighted by Gasteiger charge is 2.31. The molecule has 1 rings (SSSR count). The molecule has 3 N–H and O–H groups in total. The molecular formula is C11H14BrF3N2.